The van der Waals surface area contributed by atoms with Gasteiger partial charge in [0.15, 0.2) is 11.5 Å². The number of thioether (sulfide) groups is 1. The maximum atomic E-state index is 13.9. The number of rotatable bonds is 11. The summed E-state index contributed by atoms with van der Waals surface area (Å²) < 4.78 is 14.9. The third kappa shape index (κ3) is 6.65. The first-order valence-corrected chi connectivity index (χ1v) is 15.7. The molecule has 1 unspecified atom stereocenters. The number of anilines is 2. The van der Waals surface area contributed by atoms with Crippen LogP contribution in [0, 0.1) is 6.92 Å². The summed E-state index contributed by atoms with van der Waals surface area (Å²) in [6.07, 6.45) is 1.00. The number of aromatic nitrogens is 3. The highest BCUT2D eigenvalue weighted by atomic mass is 79.9. The van der Waals surface area contributed by atoms with E-state index in [0.29, 0.717) is 52.8 Å². The van der Waals surface area contributed by atoms with Gasteiger partial charge in [-0.15, -0.1) is 5.10 Å². The minimum absolute atomic E-state index is 0.228. The highest BCUT2D eigenvalue weighted by molar-refractivity contribution is 9.10. The van der Waals surface area contributed by atoms with E-state index < -0.39 is 6.04 Å². The highest BCUT2D eigenvalue weighted by Crippen LogP contribution is 2.43. The maximum absolute atomic E-state index is 13.9. The van der Waals surface area contributed by atoms with Crippen LogP contribution in [0.2, 0.25) is 0 Å². The molecule has 3 aromatic carbocycles. The van der Waals surface area contributed by atoms with Gasteiger partial charge in [0.25, 0.3) is 5.91 Å². The van der Waals surface area contributed by atoms with Gasteiger partial charge in [-0.05, 0) is 78.5 Å². The van der Waals surface area contributed by atoms with Gasteiger partial charge in [0, 0.05) is 17.1 Å². The van der Waals surface area contributed by atoms with Crippen molar-refractivity contribution in [3.8, 4) is 11.5 Å². The fourth-order valence-electron chi connectivity index (χ4n) is 4.81. The number of nitrogens with zero attached hydrogens (tertiary/aromatic N) is 3. The summed E-state index contributed by atoms with van der Waals surface area (Å²) in [5, 5.41) is 11.9. The van der Waals surface area contributed by atoms with E-state index in [2.05, 4.69) is 52.5 Å². The van der Waals surface area contributed by atoms with Gasteiger partial charge < -0.3 is 20.1 Å². The number of carbonyl (C=O) groups excluding carboxylic acids is 1. The van der Waals surface area contributed by atoms with Gasteiger partial charge >= 0.3 is 0 Å². The van der Waals surface area contributed by atoms with E-state index in [0.717, 1.165) is 27.8 Å². The number of nitrogens with one attached hydrogen (secondary N) is 2. The summed E-state index contributed by atoms with van der Waals surface area (Å²) in [7, 11) is 0. The molecule has 0 saturated heterocycles. The van der Waals surface area contributed by atoms with Gasteiger partial charge in [-0.25, -0.2) is 4.68 Å². The Morgan fingerprint density at radius 1 is 1.07 bits per heavy atom. The first-order chi connectivity index (χ1) is 20.4. The molecule has 10 heteroatoms. The van der Waals surface area contributed by atoms with E-state index in [9.17, 15) is 4.79 Å². The van der Waals surface area contributed by atoms with Crippen molar-refractivity contribution >= 4 is 45.2 Å². The molecular weight excluding hydrogens is 614 g/mol. The lowest BCUT2D eigenvalue weighted by Crippen LogP contribution is -2.31. The van der Waals surface area contributed by atoms with Crippen molar-refractivity contribution < 1.29 is 14.3 Å². The number of amides is 1. The SMILES string of the molecule is CCCSc1nc2n(n1)C(c1cc(Br)c(OCc3cccc(C)c3)c(OCC)c1)C(C(=O)Nc1ccccc1)=C(C)N2. The molecule has 2 N–H and O–H groups in total. The molecule has 218 valence electrons. The highest BCUT2D eigenvalue weighted by Gasteiger charge is 2.35. The number of halogens is 1. The molecule has 1 atom stereocenters. The number of allylic oxidation sites excluding steroid dienone is 1. The minimum atomic E-state index is -0.560. The number of hydrogen-bond acceptors (Lipinski definition) is 7. The Bertz CT molecular complexity index is 1610. The molecule has 0 bridgehead atoms. The van der Waals surface area contributed by atoms with E-state index in [1.54, 1.807) is 16.4 Å². The number of ether oxygens (including phenoxy) is 2. The van der Waals surface area contributed by atoms with E-state index in [-0.39, 0.29) is 5.91 Å². The molecule has 0 aliphatic carbocycles. The average Bonchev–Trinajstić information content (AvgIpc) is 3.37. The van der Waals surface area contributed by atoms with Crippen LogP contribution in [0.3, 0.4) is 0 Å². The summed E-state index contributed by atoms with van der Waals surface area (Å²) in [5.74, 6) is 2.44. The van der Waals surface area contributed by atoms with Crippen molar-refractivity contribution in [2.24, 2.45) is 0 Å². The zero-order valence-corrected chi connectivity index (χ0v) is 26.5. The fraction of sp³-hybridized carbons (Fsp3) is 0.281. The van der Waals surface area contributed by atoms with Gasteiger partial charge in [0.2, 0.25) is 11.1 Å². The van der Waals surface area contributed by atoms with Crippen LogP contribution in [-0.4, -0.2) is 33.0 Å². The van der Waals surface area contributed by atoms with Crippen LogP contribution in [0.1, 0.15) is 49.9 Å². The van der Waals surface area contributed by atoms with E-state index in [1.165, 1.54) is 5.56 Å². The summed E-state index contributed by atoms with van der Waals surface area (Å²) in [4.78, 5) is 18.6. The predicted octanol–water partition coefficient (Wildman–Crippen LogP) is 7.76. The average molecular weight is 649 g/mol. The van der Waals surface area contributed by atoms with Crippen LogP contribution in [0.15, 0.2) is 87.6 Å². The third-order valence-corrected chi connectivity index (χ3v) is 8.29. The van der Waals surface area contributed by atoms with Gasteiger partial charge in [-0.3, -0.25) is 4.79 Å². The molecule has 42 heavy (non-hydrogen) atoms. The number of aryl methyl sites for hydroxylation is 1. The van der Waals surface area contributed by atoms with Crippen LogP contribution < -0.4 is 20.1 Å². The zero-order chi connectivity index (χ0) is 29.6. The molecule has 2 heterocycles. The quantitative estimate of drug-likeness (QED) is 0.161. The second-order valence-electron chi connectivity index (χ2n) is 9.94. The monoisotopic (exact) mass is 647 g/mol. The first kappa shape index (κ1) is 29.7. The Hall–Kier alpha value is -3.76. The molecule has 0 fully saturated rings. The molecule has 1 amide bonds. The smallest absolute Gasteiger partial charge is 0.255 e. The second-order valence-corrected chi connectivity index (χ2v) is 11.9. The Morgan fingerprint density at radius 3 is 2.62 bits per heavy atom. The standard InChI is InChI=1S/C32H34BrN5O3S/c1-5-15-42-32-36-31-34-21(4)27(30(39)35-24-13-8-7-9-14-24)28(38(31)37-32)23-17-25(33)29(26(18-23)40-6-2)41-19-22-12-10-11-20(3)16-22/h7-14,16-18,28H,5-6,15,19H2,1-4H3,(H,35,39)(H,34,36,37). The van der Waals surface area contributed by atoms with Crippen molar-refractivity contribution in [2.75, 3.05) is 23.0 Å². The van der Waals surface area contributed by atoms with E-state index >= 15 is 0 Å². The van der Waals surface area contributed by atoms with Gasteiger partial charge in [0.05, 0.1) is 16.7 Å². The lowest BCUT2D eigenvalue weighted by atomic mass is 9.94. The van der Waals surface area contributed by atoms with Crippen LogP contribution in [0.4, 0.5) is 11.6 Å². The van der Waals surface area contributed by atoms with Crippen LogP contribution in [-0.2, 0) is 11.4 Å². The van der Waals surface area contributed by atoms with Crippen molar-refractivity contribution in [2.45, 2.75) is 51.9 Å². The molecule has 0 spiro atoms. The van der Waals surface area contributed by atoms with E-state index in [4.69, 9.17) is 19.6 Å². The van der Waals surface area contributed by atoms with Crippen LogP contribution in [0.25, 0.3) is 0 Å². The fourth-order valence-corrected chi connectivity index (χ4v) is 6.07. The van der Waals surface area contributed by atoms with Crippen molar-refractivity contribution in [3.63, 3.8) is 0 Å². The number of benzene rings is 3. The van der Waals surface area contributed by atoms with Crippen molar-refractivity contribution in [3.05, 3.63) is 99.2 Å². The minimum Gasteiger partial charge on any atom is -0.490 e. The maximum Gasteiger partial charge on any atom is 0.255 e. The molecule has 4 aromatic rings. The van der Waals surface area contributed by atoms with Gasteiger partial charge in [-0.1, -0.05) is 66.7 Å². The molecule has 0 radical (unpaired) electrons. The number of fused-ring (bicyclic) bond motifs is 1. The Balaban J connectivity index is 1.56. The predicted molar refractivity (Wildman–Crippen MR) is 171 cm³/mol. The summed E-state index contributed by atoms with van der Waals surface area (Å²) in [6.45, 7) is 8.85. The molecule has 1 aliphatic heterocycles. The molecule has 1 aromatic heterocycles. The Labute approximate surface area is 259 Å². The molecule has 1 aliphatic rings. The van der Waals surface area contributed by atoms with Gasteiger partial charge in [-0.2, -0.15) is 4.98 Å². The molecular formula is C32H34BrN5O3S. The summed E-state index contributed by atoms with van der Waals surface area (Å²) >= 11 is 5.33. The van der Waals surface area contributed by atoms with Crippen LogP contribution in [0.5, 0.6) is 11.5 Å². The topological polar surface area (TPSA) is 90.3 Å². The number of hydrogen-bond donors (Lipinski definition) is 2. The first-order valence-electron chi connectivity index (χ1n) is 14.0. The number of carbonyl (C=O) groups is 1. The Kier molecular flexibility index (Phi) is 9.54. The lowest BCUT2D eigenvalue weighted by molar-refractivity contribution is -0.113. The molecule has 8 nitrogen and oxygen atoms in total. The summed E-state index contributed by atoms with van der Waals surface area (Å²) in [6, 6.07) is 21.0. The van der Waals surface area contributed by atoms with Crippen molar-refractivity contribution in [1.82, 2.24) is 14.8 Å². The van der Waals surface area contributed by atoms with Crippen LogP contribution >= 0.6 is 27.7 Å². The lowest BCUT2D eigenvalue weighted by Gasteiger charge is -2.29. The zero-order valence-electron chi connectivity index (χ0n) is 24.1. The van der Waals surface area contributed by atoms with Gasteiger partial charge in [0.1, 0.15) is 12.6 Å². The number of para-hydroxylation sites is 1. The normalized spacial score (nSPS) is 14.3. The molecule has 0 saturated carbocycles. The van der Waals surface area contributed by atoms with Crippen molar-refractivity contribution in [1.29, 1.82) is 0 Å². The largest absolute Gasteiger partial charge is 0.490 e. The summed E-state index contributed by atoms with van der Waals surface area (Å²) in [5.41, 5.74) is 4.99. The molecule has 5 rings (SSSR count). The Morgan fingerprint density at radius 2 is 1.88 bits per heavy atom. The second kappa shape index (κ2) is 13.5. The third-order valence-electron chi connectivity index (χ3n) is 6.66. The van der Waals surface area contributed by atoms with E-state index in [1.807, 2.05) is 68.4 Å².